The van der Waals surface area contributed by atoms with Crippen molar-refractivity contribution in [2.24, 2.45) is 0 Å². The van der Waals surface area contributed by atoms with Crippen molar-refractivity contribution in [2.45, 2.75) is 17.1 Å². The van der Waals surface area contributed by atoms with E-state index in [9.17, 15) is 14.0 Å². The summed E-state index contributed by atoms with van der Waals surface area (Å²) in [6.45, 7) is 1.65. The van der Waals surface area contributed by atoms with E-state index in [2.05, 4.69) is 10.6 Å². The van der Waals surface area contributed by atoms with Crippen molar-refractivity contribution >= 4 is 41.0 Å². The summed E-state index contributed by atoms with van der Waals surface area (Å²) in [7, 11) is 0. The van der Waals surface area contributed by atoms with Crippen molar-refractivity contribution in [3.05, 3.63) is 59.4 Å². The number of carbonyl (C=O) groups is 2. The molecule has 2 aromatic carbocycles. The van der Waals surface area contributed by atoms with Crippen molar-refractivity contribution < 1.29 is 14.0 Å². The van der Waals surface area contributed by atoms with Gasteiger partial charge in [-0.05, 0) is 37.3 Å². The monoisotopic (exact) mass is 352 g/mol. The number of para-hydroxylation sites is 1. The average molecular weight is 353 g/mol. The van der Waals surface area contributed by atoms with E-state index >= 15 is 0 Å². The lowest BCUT2D eigenvalue weighted by Gasteiger charge is -2.12. The van der Waals surface area contributed by atoms with E-state index in [0.717, 1.165) is 0 Å². The summed E-state index contributed by atoms with van der Waals surface area (Å²) in [6, 6.07) is 12.4. The van der Waals surface area contributed by atoms with Crippen LogP contribution >= 0.6 is 23.4 Å². The molecular formula is C16H14ClFN2O2S. The fourth-order valence-electron chi connectivity index (χ4n) is 1.71. The quantitative estimate of drug-likeness (QED) is 0.806. The molecule has 0 aliphatic carbocycles. The fraction of sp³-hybridized carbons (Fsp3) is 0.125. The largest absolute Gasteiger partial charge is 0.325 e. The third-order valence-electron chi connectivity index (χ3n) is 2.84. The number of nitrogens with one attached hydrogen (secondary N) is 2. The van der Waals surface area contributed by atoms with Gasteiger partial charge in [0.2, 0.25) is 5.91 Å². The highest BCUT2D eigenvalue weighted by Crippen LogP contribution is 2.27. The second kappa shape index (κ2) is 7.99. The normalized spacial score (nSPS) is 11.6. The maximum absolute atomic E-state index is 13.1. The first kappa shape index (κ1) is 17.3. The van der Waals surface area contributed by atoms with Crippen LogP contribution in [0.15, 0.2) is 53.4 Å². The minimum atomic E-state index is -0.606. The van der Waals surface area contributed by atoms with E-state index in [1.54, 1.807) is 31.2 Å². The number of halogens is 2. The number of anilines is 1. The summed E-state index contributed by atoms with van der Waals surface area (Å²) in [6.07, 6.45) is 0. The first-order valence-electron chi connectivity index (χ1n) is 6.74. The second-order valence-corrected chi connectivity index (χ2v) is 6.47. The summed E-state index contributed by atoms with van der Waals surface area (Å²) < 4.78 is 13.1. The Balaban J connectivity index is 1.89. The molecule has 0 fully saturated rings. The molecule has 4 nitrogen and oxygen atoms in total. The maximum Gasteiger partial charge on any atom is 0.325 e. The minimum Gasteiger partial charge on any atom is -0.308 e. The predicted octanol–water partition coefficient (Wildman–Crippen LogP) is 4.31. The molecule has 2 rings (SSSR count). The van der Waals surface area contributed by atoms with Gasteiger partial charge in [0.05, 0.1) is 10.3 Å². The molecule has 0 radical (unpaired) electrons. The minimum absolute atomic E-state index is 0.00979. The van der Waals surface area contributed by atoms with Gasteiger partial charge in [0.25, 0.3) is 0 Å². The average Bonchev–Trinajstić information content (AvgIpc) is 2.51. The number of rotatable bonds is 4. The lowest BCUT2D eigenvalue weighted by atomic mass is 10.3. The predicted molar refractivity (Wildman–Crippen MR) is 90.3 cm³/mol. The van der Waals surface area contributed by atoms with Gasteiger partial charge in [0, 0.05) is 10.6 Å². The Morgan fingerprint density at radius 1 is 1.17 bits per heavy atom. The highest BCUT2D eigenvalue weighted by Gasteiger charge is 2.17. The number of benzene rings is 2. The van der Waals surface area contributed by atoms with Gasteiger partial charge >= 0.3 is 6.03 Å². The Kier molecular flexibility index (Phi) is 6.01. The molecule has 2 N–H and O–H groups in total. The molecule has 1 atom stereocenters. The van der Waals surface area contributed by atoms with Crippen molar-refractivity contribution in [2.75, 3.05) is 5.32 Å². The molecule has 0 saturated heterocycles. The SMILES string of the molecule is C[C@H](Sc1ccc(F)c(Cl)c1)C(=O)NC(=O)Nc1ccccc1. The fourth-order valence-corrected chi connectivity index (χ4v) is 2.86. The first-order chi connectivity index (χ1) is 11.0. The summed E-state index contributed by atoms with van der Waals surface area (Å²) >= 11 is 6.88. The summed E-state index contributed by atoms with van der Waals surface area (Å²) in [5.74, 6) is -0.973. The number of thioether (sulfide) groups is 1. The standard InChI is InChI=1S/C16H14ClFN2O2S/c1-10(23-12-7-8-14(18)13(17)9-12)15(21)20-16(22)19-11-5-3-2-4-6-11/h2-10H,1H3,(H2,19,20,21,22)/t10-/m0/s1. The van der Waals surface area contributed by atoms with Gasteiger partial charge < -0.3 is 5.32 Å². The summed E-state index contributed by atoms with van der Waals surface area (Å²) in [4.78, 5) is 24.4. The number of imide groups is 1. The molecule has 7 heteroatoms. The van der Waals surface area contributed by atoms with Crippen LogP contribution in [-0.2, 0) is 4.79 Å². The van der Waals surface area contributed by atoms with Gasteiger partial charge in [-0.3, -0.25) is 10.1 Å². The van der Waals surface area contributed by atoms with E-state index in [4.69, 9.17) is 11.6 Å². The van der Waals surface area contributed by atoms with E-state index in [1.807, 2.05) is 6.07 Å². The molecule has 0 saturated carbocycles. The Bertz CT molecular complexity index is 712. The van der Waals surface area contributed by atoms with E-state index < -0.39 is 23.0 Å². The smallest absolute Gasteiger partial charge is 0.308 e. The Labute approximate surface area is 142 Å². The Morgan fingerprint density at radius 3 is 2.52 bits per heavy atom. The first-order valence-corrected chi connectivity index (χ1v) is 8.00. The topological polar surface area (TPSA) is 58.2 Å². The molecule has 120 valence electrons. The van der Waals surface area contributed by atoms with Crippen LogP contribution in [-0.4, -0.2) is 17.2 Å². The molecule has 0 bridgehead atoms. The Morgan fingerprint density at radius 2 is 1.87 bits per heavy atom. The van der Waals surface area contributed by atoms with E-state index in [1.165, 1.54) is 30.0 Å². The van der Waals surface area contributed by atoms with Crippen LogP contribution in [0.25, 0.3) is 0 Å². The number of carbonyl (C=O) groups excluding carboxylic acids is 2. The molecular weight excluding hydrogens is 339 g/mol. The van der Waals surface area contributed by atoms with Gasteiger partial charge in [-0.2, -0.15) is 0 Å². The van der Waals surface area contributed by atoms with Gasteiger partial charge in [-0.25, -0.2) is 9.18 Å². The van der Waals surface area contributed by atoms with E-state index in [0.29, 0.717) is 10.6 Å². The van der Waals surface area contributed by atoms with Crippen LogP contribution in [0.3, 0.4) is 0 Å². The molecule has 0 unspecified atom stereocenters. The van der Waals surface area contributed by atoms with Crippen LogP contribution < -0.4 is 10.6 Å². The third kappa shape index (κ3) is 5.26. The molecule has 0 aliphatic rings. The lowest BCUT2D eigenvalue weighted by Crippen LogP contribution is -2.38. The number of amides is 3. The van der Waals surface area contributed by atoms with Crippen LogP contribution in [0.2, 0.25) is 5.02 Å². The zero-order chi connectivity index (χ0) is 16.8. The number of hydrogen-bond acceptors (Lipinski definition) is 3. The molecule has 0 spiro atoms. The number of hydrogen-bond donors (Lipinski definition) is 2. The van der Waals surface area contributed by atoms with Crippen LogP contribution in [0.5, 0.6) is 0 Å². The van der Waals surface area contributed by atoms with Crippen molar-refractivity contribution in [3.63, 3.8) is 0 Å². The molecule has 0 aliphatic heterocycles. The van der Waals surface area contributed by atoms with Gasteiger partial charge in [-0.15, -0.1) is 11.8 Å². The summed E-state index contributed by atoms with van der Waals surface area (Å²) in [5, 5.41) is 4.26. The zero-order valence-electron chi connectivity index (χ0n) is 12.2. The zero-order valence-corrected chi connectivity index (χ0v) is 13.7. The van der Waals surface area contributed by atoms with Crippen molar-refractivity contribution in [1.29, 1.82) is 0 Å². The van der Waals surface area contributed by atoms with E-state index in [-0.39, 0.29) is 5.02 Å². The second-order valence-electron chi connectivity index (χ2n) is 4.65. The summed E-state index contributed by atoms with van der Waals surface area (Å²) in [5.41, 5.74) is 0.587. The molecule has 0 aromatic heterocycles. The highest BCUT2D eigenvalue weighted by atomic mass is 35.5. The highest BCUT2D eigenvalue weighted by molar-refractivity contribution is 8.00. The number of urea groups is 1. The maximum atomic E-state index is 13.1. The van der Waals surface area contributed by atoms with Gasteiger partial charge in [0.15, 0.2) is 0 Å². The van der Waals surface area contributed by atoms with Crippen LogP contribution in [0.4, 0.5) is 14.9 Å². The molecule has 3 amide bonds. The van der Waals surface area contributed by atoms with Crippen molar-refractivity contribution in [1.82, 2.24) is 5.32 Å². The van der Waals surface area contributed by atoms with Crippen molar-refractivity contribution in [3.8, 4) is 0 Å². The van der Waals surface area contributed by atoms with Crippen LogP contribution in [0, 0.1) is 5.82 Å². The third-order valence-corrected chi connectivity index (χ3v) is 4.22. The van der Waals surface area contributed by atoms with Crippen LogP contribution in [0.1, 0.15) is 6.92 Å². The Hall–Kier alpha value is -2.05. The molecule has 2 aromatic rings. The van der Waals surface area contributed by atoms with Gasteiger partial charge in [-0.1, -0.05) is 29.8 Å². The van der Waals surface area contributed by atoms with Gasteiger partial charge in [0.1, 0.15) is 5.82 Å². The molecule has 0 heterocycles. The lowest BCUT2D eigenvalue weighted by molar-refractivity contribution is -0.119. The molecule has 23 heavy (non-hydrogen) atoms.